The number of sulfone groups is 1. The smallest absolute Gasteiger partial charge is 0.150 e. The lowest BCUT2D eigenvalue weighted by Gasteiger charge is -2.06. The molecule has 0 aromatic heterocycles. The Bertz CT molecular complexity index is 292. The van der Waals surface area contributed by atoms with Gasteiger partial charge in [-0.05, 0) is 25.2 Å². The van der Waals surface area contributed by atoms with Crippen LogP contribution in [-0.4, -0.2) is 25.7 Å². The molecule has 1 aliphatic carbocycles. The third-order valence-electron chi connectivity index (χ3n) is 2.86. The van der Waals surface area contributed by atoms with E-state index in [0.717, 1.165) is 12.8 Å². The first-order valence-corrected chi connectivity index (χ1v) is 7.08. The molecule has 1 rings (SSSR count). The molecule has 0 aromatic rings. The normalized spacial score (nSPS) is 22.9. The van der Waals surface area contributed by atoms with Crippen LogP contribution < -0.4 is 0 Å². The van der Waals surface area contributed by atoms with E-state index in [2.05, 4.69) is 0 Å². The lowest BCUT2D eigenvalue weighted by Crippen LogP contribution is -2.09. The molecule has 0 amide bonds. The minimum Gasteiger partial charge on any atom is -0.300 e. The van der Waals surface area contributed by atoms with E-state index in [-0.39, 0.29) is 11.5 Å². The van der Waals surface area contributed by atoms with Gasteiger partial charge in [0, 0.05) is 18.6 Å². The quantitative estimate of drug-likeness (QED) is 0.704. The van der Waals surface area contributed by atoms with Crippen LogP contribution in [-0.2, 0) is 14.6 Å². The second-order valence-corrected chi connectivity index (χ2v) is 6.50. The van der Waals surface area contributed by atoms with Gasteiger partial charge in [0.15, 0.2) is 0 Å². The van der Waals surface area contributed by atoms with Crippen molar-refractivity contribution in [3.8, 4) is 0 Å². The number of carbonyl (C=O) groups is 1. The molecule has 0 radical (unpaired) electrons. The van der Waals surface area contributed by atoms with Crippen molar-refractivity contribution in [3.63, 3.8) is 0 Å². The molecule has 1 fully saturated rings. The molecule has 14 heavy (non-hydrogen) atoms. The van der Waals surface area contributed by atoms with Crippen molar-refractivity contribution in [1.82, 2.24) is 0 Å². The standard InChI is InChI=1S/C10H18O3S/c1-2-14(12,13)7-3-4-9-5-6-10(11)8-9/h9H,2-8H2,1H3. The Morgan fingerprint density at radius 2 is 2.14 bits per heavy atom. The summed E-state index contributed by atoms with van der Waals surface area (Å²) in [4.78, 5) is 11.0. The van der Waals surface area contributed by atoms with E-state index < -0.39 is 9.84 Å². The third-order valence-corrected chi connectivity index (χ3v) is 4.65. The van der Waals surface area contributed by atoms with Gasteiger partial charge < -0.3 is 0 Å². The van der Waals surface area contributed by atoms with Crippen LogP contribution in [0.1, 0.15) is 39.0 Å². The monoisotopic (exact) mass is 218 g/mol. The largest absolute Gasteiger partial charge is 0.300 e. The highest BCUT2D eigenvalue weighted by Crippen LogP contribution is 2.26. The van der Waals surface area contributed by atoms with Crippen molar-refractivity contribution in [2.24, 2.45) is 5.92 Å². The van der Waals surface area contributed by atoms with E-state index in [0.29, 0.717) is 31.0 Å². The Labute approximate surface area is 85.8 Å². The van der Waals surface area contributed by atoms with Crippen molar-refractivity contribution in [2.75, 3.05) is 11.5 Å². The number of hydrogen-bond acceptors (Lipinski definition) is 3. The fraction of sp³-hybridized carbons (Fsp3) is 0.900. The molecule has 0 aromatic carbocycles. The molecule has 0 N–H and O–H groups in total. The molecule has 1 aliphatic rings. The first kappa shape index (κ1) is 11.7. The van der Waals surface area contributed by atoms with Crippen LogP contribution in [0.15, 0.2) is 0 Å². The van der Waals surface area contributed by atoms with Gasteiger partial charge in [-0.2, -0.15) is 0 Å². The Balaban J connectivity index is 2.19. The maximum atomic E-state index is 11.2. The number of ketones is 1. The molecule has 0 aliphatic heterocycles. The summed E-state index contributed by atoms with van der Waals surface area (Å²) in [6.45, 7) is 1.68. The van der Waals surface area contributed by atoms with E-state index >= 15 is 0 Å². The lowest BCUT2D eigenvalue weighted by molar-refractivity contribution is -0.117. The van der Waals surface area contributed by atoms with Crippen molar-refractivity contribution in [2.45, 2.75) is 39.0 Å². The lowest BCUT2D eigenvalue weighted by atomic mass is 10.0. The van der Waals surface area contributed by atoms with E-state index in [1.807, 2.05) is 0 Å². The van der Waals surface area contributed by atoms with Gasteiger partial charge in [-0.25, -0.2) is 8.42 Å². The Morgan fingerprint density at radius 3 is 2.64 bits per heavy atom. The number of Topliss-reactive ketones (excluding diaryl/α,β-unsaturated/α-hetero) is 1. The SMILES string of the molecule is CCS(=O)(=O)CCCC1CCC(=O)C1. The zero-order valence-corrected chi connectivity index (χ0v) is 9.48. The van der Waals surface area contributed by atoms with Crippen LogP contribution in [0.4, 0.5) is 0 Å². The van der Waals surface area contributed by atoms with E-state index in [1.165, 1.54) is 0 Å². The topological polar surface area (TPSA) is 51.2 Å². The fourth-order valence-corrected chi connectivity index (χ4v) is 2.77. The van der Waals surface area contributed by atoms with Gasteiger partial charge in [-0.3, -0.25) is 4.79 Å². The van der Waals surface area contributed by atoms with E-state index in [9.17, 15) is 13.2 Å². The predicted octanol–water partition coefficient (Wildman–Crippen LogP) is 1.57. The maximum absolute atomic E-state index is 11.2. The van der Waals surface area contributed by atoms with Gasteiger partial charge >= 0.3 is 0 Å². The molecule has 1 saturated carbocycles. The molecule has 3 nitrogen and oxygen atoms in total. The summed E-state index contributed by atoms with van der Waals surface area (Å²) >= 11 is 0. The molecule has 1 unspecified atom stereocenters. The van der Waals surface area contributed by atoms with Crippen LogP contribution in [0, 0.1) is 5.92 Å². The Kier molecular flexibility index (Phi) is 4.11. The highest BCUT2D eigenvalue weighted by atomic mass is 32.2. The average molecular weight is 218 g/mol. The van der Waals surface area contributed by atoms with Crippen LogP contribution in [0.2, 0.25) is 0 Å². The van der Waals surface area contributed by atoms with Crippen LogP contribution >= 0.6 is 0 Å². The minimum absolute atomic E-state index is 0.233. The summed E-state index contributed by atoms with van der Waals surface area (Å²) in [5.74, 6) is 1.31. The summed E-state index contributed by atoms with van der Waals surface area (Å²) < 4.78 is 22.3. The van der Waals surface area contributed by atoms with E-state index in [1.54, 1.807) is 6.92 Å². The van der Waals surface area contributed by atoms with Gasteiger partial charge in [0.05, 0.1) is 5.75 Å². The van der Waals surface area contributed by atoms with Crippen molar-refractivity contribution < 1.29 is 13.2 Å². The molecule has 0 saturated heterocycles. The second-order valence-electron chi connectivity index (χ2n) is 4.03. The molecule has 0 bridgehead atoms. The van der Waals surface area contributed by atoms with Gasteiger partial charge in [-0.15, -0.1) is 0 Å². The fourth-order valence-electron chi connectivity index (χ4n) is 1.87. The molecule has 0 spiro atoms. The Hall–Kier alpha value is -0.380. The average Bonchev–Trinajstić information content (AvgIpc) is 2.51. The van der Waals surface area contributed by atoms with Gasteiger partial charge in [0.25, 0.3) is 0 Å². The first-order chi connectivity index (χ1) is 6.53. The summed E-state index contributed by atoms with van der Waals surface area (Å²) in [7, 11) is -2.81. The summed E-state index contributed by atoms with van der Waals surface area (Å²) in [6, 6.07) is 0. The highest BCUT2D eigenvalue weighted by molar-refractivity contribution is 7.91. The molecule has 4 heteroatoms. The van der Waals surface area contributed by atoms with Crippen molar-refractivity contribution in [1.29, 1.82) is 0 Å². The second kappa shape index (κ2) is 4.91. The summed E-state index contributed by atoms with van der Waals surface area (Å²) in [6.07, 6.45) is 3.95. The summed E-state index contributed by atoms with van der Waals surface area (Å²) in [5.41, 5.74) is 0. The van der Waals surface area contributed by atoms with E-state index in [4.69, 9.17) is 0 Å². The zero-order chi connectivity index (χ0) is 10.6. The number of carbonyl (C=O) groups excluding carboxylic acids is 1. The molecular formula is C10H18O3S. The minimum atomic E-state index is -2.81. The number of hydrogen-bond donors (Lipinski definition) is 0. The molecule has 82 valence electrons. The molecular weight excluding hydrogens is 200 g/mol. The van der Waals surface area contributed by atoms with Gasteiger partial charge in [-0.1, -0.05) is 6.92 Å². The van der Waals surface area contributed by atoms with Crippen molar-refractivity contribution >= 4 is 15.6 Å². The predicted molar refractivity (Wildman–Crippen MR) is 55.9 cm³/mol. The zero-order valence-electron chi connectivity index (χ0n) is 8.66. The first-order valence-electron chi connectivity index (χ1n) is 5.25. The summed E-state index contributed by atoms with van der Waals surface area (Å²) in [5, 5.41) is 0. The van der Waals surface area contributed by atoms with Crippen LogP contribution in [0.3, 0.4) is 0 Å². The number of rotatable bonds is 5. The van der Waals surface area contributed by atoms with Crippen LogP contribution in [0.5, 0.6) is 0 Å². The molecule has 0 heterocycles. The van der Waals surface area contributed by atoms with Crippen LogP contribution in [0.25, 0.3) is 0 Å². The van der Waals surface area contributed by atoms with Crippen molar-refractivity contribution in [3.05, 3.63) is 0 Å². The van der Waals surface area contributed by atoms with Gasteiger partial charge in [0.2, 0.25) is 0 Å². The third kappa shape index (κ3) is 3.78. The Morgan fingerprint density at radius 1 is 1.43 bits per heavy atom. The van der Waals surface area contributed by atoms with Gasteiger partial charge in [0.1, 0.15) is 15.6 Å². The molecule has 1 atom stereocenters. The highest BCUT2D eigenvalue weighted by Gasteiger charge is 2.21. The maximum Gasteiger partial charge on any atom is 0.150 e.